The average molecular weight is 509 g/mol. The summed E-state index contributed by atoms with van der Waals surface area (Å²) >= 11 is 6.05. The van der Waals surface area contributed by atoms with Crippen LogP contribution in [0.3, 0.4) is 0 Å². The highest BCUT2D eigenvalue weighted by Gasteiger charge is 2.55. The van der Waals surface area contributed by atoms with E-state index in [4.69, 9.17) is 17.3 Å². The first-order valence-corrected chi connectivity index (χ1v) is 11.7. The van der Waals surface area contributed by atoms with Crippen molar-refractivity contribution < 1.29 is 23.1 Å². The van der Waals surface area contributed by atoms with Crippen LogP contribution in [0.15, 0.2) is 47.0 Å². The van der Waals surface area contributed by atoms with Gasteiger partial charge in [0.1, 0.15) is 11.6 Å². The number of halogens is 4. The lowest BCUT2D eigenvalue weighted by molar-refractivity contribution is -0.192. The molecule has 0 radical (unpaired) electrons. The van der Waals surface area contributed by atoms with E-state index in [-0.39, 0.29) is 53.8 Å². The van der Waals surface area contributed by atoms with Gasteiger partial charge in [0, 0.05) is 10.6 Å². The highest BCUT2D eigenvalue weighted by molar-refractivity contribution is 6.30. The third-order valence-electron chi connectivity index (χ3n) is 6.06. The first-order valence-electron chi connectivity index (χ1n) is 11.4. The average Bonchev–Trinajstić information content (AvgIpc) is 2.73. The summed E-state index contributed by atoms with van der Waals surface area (Å²) in [5, 5.41) is 10.1. The molecule has 1 unspecified atom stereocenters. The van der Waals surface area contributed by atoms with Crippen LogP contribution >= 0.6 is 11.6 Å². The number of hydrogen-bond acceptors (Lipinski definition) is 3. The summed E-state index contributed by atoms with van der Waals surface area (Å²) in [5.41, 5.74) is 7.01. The molecule has 4 nitrogen and oxygen atoms in total. The SMILES string of the molecule is CCCC(CC(=C(C)C)c1ccc(C(N)=NCC(C)=O)c(C)c1)(c1cc(O)cc(Cl)c1)C(F)(F)F. The number of nitrogens with zero attached hydrogens (tertiary/aromatic N) is 1. The number of Topliss-reactive ketones (excluding diaryl/α,β-unsaturated/α-hetero) is 1. The molecule has 0 heterocycles. The maximum Gasteiger partial charge on any atom is 0.398 e. The molecule has 190 valence electrons. The Hall–Kier alpha value is -2.80. The van der Waals surface area contributed by atoms with Gasteiger partial charge in [-0.1, -0.05) is 48.7 Å². The van der Waals surface area contributed by atoms with Crippen molar-refractivity contribution in [1.29, 1.82) is 0 Å². The van der Waals surface area contributed by atoms with E-state index in [0.717, 1.165) is 17.2 Å². The summed E-state index contributed by atoms with van der Waals surface area (Å²) in [6.07, 6.45) is -4.81. The number of rotatable bonds is 9. The van der Waals surface area contributed by atoms with E-state index in [1.807, 2.05) is 0 Å². The fourth-order valence-corrected chi connectivity index (χ4v) is 4.54. The Morgan fingerprint density at radius 2 is 1.77 bits per heavy atom. The fourth-order valence-electron chi connectivity index (χ4n) is 4.31. The molecule has 2 rings (SSSR count). The molecule has 0 saturated carbocycles. The Kier molecular flexibility index (Phi) is 9.17. The number of hydrogen-bond donors (Lipinski definition) is 2. The van der Waals surface area contributed by atoms with Gasteiger partial charge in [0.15, 0.2) is 5.78 Å². The first-order chi connectivity index (χ1) is 16.2. The van der Waals surface area contributed by atoms with Crippen LogP contribution in [-0.2, 0) is 10.2 Å². The lowest BCUT2D eigenvalue weighted by Gasteiger charge is -2.38. The lowest BCUT2D eigenvalue weighted by Crippen LogP contribution is -2.42. The number of amidine groups is 1. The van der Waals surface area contributed by atoms with Gasteiger partial charge in [0.2, 0.25) is 0 Å². The van der Waals surface area contributed by atoms with E-state index < -0.39 is 11.6 Å². The standard InChI is InChI=1S/C27H32ClF3N2O2/c1-6-9-26(27(29,30)31,20-11-21(28)13-22(35)12-20)14-24(16(2)3)19-7-8-23(17(4)10-19)25(32)33-15-18(5)34/h7-8,10-13,35H,6,9,14-15H2,1-5H3,(H2,32,33). The molecule has 3 N–H and O–H groups in total. The van der Waals surface area contributed by atoms with E-state index in [1.54, 1.807) is 45.9 Å². The molecule has 0 spiro atoms. The van der Waals surface area contributed by atoms with Gasteiger partial charge in [-0.05, 0) is 81.0 Å². The lowest BCUT2D eigenvalue weighted by atomic mass is 9.70. The molecule has 0 amide bonds. The van der Waals surface area contributed by atoms with Crippen LogP contribution in [0.5, 0.6) is 5.75 Å². The van der Waals surface area contributed by atoms with Crippen molar-refractivity contribution in [2.75, 3.05) is 6.54 Å². The van der Waals surface area contributed by atoms with Crippen molar-refractivity contribution in [3.8, 4) is 5.75 Å². The van der Waals surface area contributed by atoms with Crippen molar-refractivity contribution in [3.05, 3.63) is 69.2 Å². The normalized spacial score (nSPS) is 13.9. The largest absolute Gasteiger partial charge is 0.508 e. The highest BCUT2D eigenvalue weighted by atomic mass is 35.5. The zero-order valence-corrected chi connectivity index (χ0v) is 21.4. The number of alkyl halides is 3. The second-order valence-corrected chi connectivity index (χ2v) is 9.55. The minimum atomic E-state index is -4.60. The van der Waals surface area contributed by atoms with Crippen LogP contribution in [0.4, 0.5) is 13.2 Å². The Balaban J connectivity index is 2.65. The van der Waals surface area contributed by atoms with Gasteiger partial charge in [-0.25, -0.2) is 0 Å². The number of phenols is 1. The Bertz CT molecular complexity index is 1130. The van der Waals surface area contributed by atoms with Gasteiger partial charge >= 0.3 is 6.18 Å². The van der Waals surface area contributed by atoms with Crippen molar-refractivity contribution in [3.63, 3.8) is 0 Å². The van der Waals surface area contributed by atoms with Gasteiger partial charge in [-0.15, -0.1) is 0 Å². The topological polar surface area (TPSA) is 75.7 Å². The molecular formula is C27H32ClF3N2O2. The molecule has 0 saturated heterocycles. The molecule has 0 aliphatic heterocycles. The van der Waals surface area contributed by atoms with Gasteiger partial charge in [-0.3, -0.25) is 9.79 Å². The maximum absolute atomic E-state index is 14.8. The summed E-state index contributed by atoms with van der Waals surface area (Å²) in [6.45, 7) is 8.44. The van der Waals surface area contributed by atoms with Crippen molar-refractivity contribution in [2.24, 2.45) is 10.7 Å². The minimum Gasteiger partial charge on any atom is -0.508 e. The number of nitrogens with two attached hydrogens (primary N) is 1. The van der Waals surface area contributed by atoms with E-state index in [2.05, 4.69) is 4.99 Å². The quantitative estimate of drug-likeness (QED) is 0.279. The monoisotopic (exact) mass is 508 g/mol. The molecule has 2 aromatic carbocycles. The summed E-state index contributed by atoms with van der Waals surface area (Å²) in [6, 6.07) is 8.89. The number of aromatic hydroxyl groups is 1. The zero-order valence-electron chi connectivity index (χ0n) is 20.7. The van der Waals surface area contributed by atoms with Crippen molar-refractivity contribution in [2.45, 2.75) is 65.5 Å². The molecular weight excluding hydrogens is 477 g/mol. The predicted octanol–water partition coefficient (Wildman–Crippen LogP) is 7.13. The summed E-state index contributed by atoms with van der Waals surface area (Å²) < 4.78 is 44.5. The molecule has 0 bridgehead atoms. The zero-order chi connectivity index (χ0) is 26.6. The Morgan fingerprint density at radius 3 is 2.26 bits per heavy atom. The van der Waals surface area contributed by atoms with Gasteiger partial charge in [0.25, 0.3) is 0 Å². The molecule has 35 heavy (non-hydrogen) atoms. The molecule has 1 atom stereocenters. The van der Waals surface area contributed by atoms with Crippen LogP contribution in [0.1, 0.15) is 69.2 Å². The Labute approximate surface area is 209 Å². The number of aliphatic imine (C=N–C) groups is 1. The van der Waals surface area contributed by atoms with E-state index >= 15 is 0 Å². The van der Waals surface area contributed by atoms with Crippen LogP contribution in [0.2, 0.25) is 5.02 Å². The van der Waals surface area contributed by atoms with Crippen molar-refractivity contribution in [1.82, 2.24) is 0 Å². The fraction of sp³-hybridized carbons (Fsp3) is 0.407. The van der Waals surface area contributed by atoms with Crippen LogP contribution in [-0.4, -0.2) is 29.4 Å². The van der Waals surface area contributed by atoms with Gasteiger partial charge < -0.3 is 10.8 Å². The third-order valence-corrected chi connectivity index (χ3v) is 6.28. The summed E-state index contributed by atoms with van der Waals surface area (Å²) in [4.78, 5) is 15.3. The molecule has 0 aliphatic rings. The molecule has 0 fully saturated rings. The second-order valence-electron chi connectivity index (χ2n) is 9.12. The van der Waals surface area contributed by atoms with E-state index in [9.17, 15) is 23.1 Å². The number of carbonyl (C=O) groups is 1. The number of benzene rings is 2. The number of carbonyl (C=O) groups excluding carboxylic acids is 1. The minimum absolute atomic E-state index is 0.0379. The molecule has 0 aliphatic carbocycles. The van der Waals surface area contributed by atoms with Crippen molar-refractivity contribution >= 4 is 28.8 Å². The number of allylic oxidation sites excluding steroid dienone is 2. The van der Waals surface area contributed by atoms with Crippen LogP contribution in [0, 0.1) is 6.92 Å². The second kappa shape index (κ2) is 11.3. The van der Waals surface area contributed by atoms with Gasteiger partial charge in [-0.2, -0.15) is 13.2 Å². The van der Waals surface area contributed by atoms with Crippen LogP contribution < -0.4 is 5.73 Å². The van der Waals surface area contributed by atoms with Crippen LogP contribution in [0.25, 0.3) is 5.57 Å². The number of ketones is 1. The molecule has 2 aromatic rings. The smallest absolute Gasteiger partial charge is 0.398 e. The van der Waals surface area contributed by atoms with E-state index in [1.165, 1.54) is 19.1 Å². The van der Waals surface area contributed by atoms with Gasteiger partial charge in [0.05, 0.1) is 12.0 Å². The predicted molar refractivity (Wildman–Crippen MR) is 136 cm³/mol. The first kappa shape index (κ1) is 28.4. The molecule has 8 heteroatoms. The Morgan fingerprint density at radius 1 is 1.11 bits per heavy atom. The highest BCUT2D eigenvalue weighted by Crippen LogP contribution is 2.51. The van der Waals surface area contributed by atoms with E-state index in [0.29, 0.717) is 16.7 Å². The third kappa shape index (κ3) is 6.66. The maximum atomic E-state index is 14.8. The molecule has 0 aromatic heterocycles. The number of phenolic OH excluding ortho intramolecular Hbond substituents is 1. The summed E-state index contributed by atoms with van der Waals surface area (Å²) in [7, 11) is 0. The summed E-state index contributed by atoms with van der Waals surface area (Å²) in [5.74, 6) is -0.231. The number of aryl methyl sites for hydroxylation is 1.